The Balaban J connectivity index is 2.39. The summed E-state index contributed by atoms with van der Waals surface area (Å²) in [6.07, 6.45) is 2.79. The van der Waals surface area contributed by atoms with Gasteiger partial charge in [-0.15, -0.1) is 0 Å². The third-order valence-corrected chi connectivity index (χ3v) is 4.33. The molecule has 0 aliphatic rings. The zero-order valence-electron chi connectivity index (χ0n) is 10.5. The summed E-state index contributed by atoms with van der Waals surface area (Å²) >= 11 is 5.89. The van der Waals surface area contributed by atoms with Crippen LogP contribution < -0.4 is 4.72 Å². The van der Waals surface area contributed by atoms with Crippen molar-refractivity contribution in [2.24, 2.45) is 0 Å². The number of rotatable bonds is 3. The van der Waals surface area contributed by atoms with Crippen LogP contribution in [0, 0.1) is 18.3 Å². The molecule has 1 aromatic heterocycles. The zero-order chi connectivity index (χ0) is 14.8. The normalized spacial score (nSPS) is 10.8. The Kier molecular flexibility index (Phi) is 3.93. The monoisotopic (exact) mass is 307 g/mol. The van der Waals surface area contributed by atoms with E-state index in [1.807, 2.05) is 6.07 Å². The van der Waals surface area contributed by atoms with Crippen LogP contribution >= 0.6 is 11.6 Å². The SMILES string of the molecule is Cc1cc(S(=O)(=O)Nc2cnccc2Cl)ccc1C#N. The number of pyridine rings is 1. The van der Waals surface area contributed by atoms with Crippen molar-refractivity contribution in [2.45, 2.75) is 11.8 Å². The smallest absolute Gasteiger partial charge is 0.262 e. The predicted molar refractivity (Wildman–Crippen MR) is 75.9 cm³/mol. The van der Waals surface area contributed by atoms with E-state index in [0.717, 1.165) is 0 Å². The van der Waals surface area contributed by atoms with Crippen molar-refractivity contribution in [3.05, 3.63) is 52.8 Å². The lowest BCUT2D eigenvalue weighted by atomic mass is 10.1. The molecule has 0 aliphatic carbocycles. The number of nitriles is 1. The van der Waals surface area contributed by atoms with Gasteiger partial charge in [0.25, 0.3) is 10.0 Å². The van der Waals surface area contributed by atoms with Crippen molar-refractivity contribution < 1.29 is 8.42 Å². The number of anilines is 1. The Morgan fingerprint density at radius 1 is 1.35 bits per heavy atom. The zero-order valence-corrected chi connectivity index (χ0v) is 12.0. The average Bonchev–Trinajstić information content (AvgIpc) is 2.41. The number of aromatic nitrogens is 1. The van der Waals surface area contributed by atoms with Gasteiger partial charge in [-0.3, -0.25) is 9.71 Å². The maximum atomic E-state index is 12.2. The molecule has 0 atom stereocenters. The van der Waals surface area contributed by atoms with Crippen molar-refractivity contribution in [3.63, 3.8) is 0 Å². The Bertz CT molecular complexity index is 798. The second-order valence-electron chi connectivity index (χ2n) is 4.05. The quantitative estimate of drug-likeness (QED) is 0.945. The Morgan fingerprint density at radius 2 is 2.10 bits per heavy atom. The van der Waals surface area contributed by atoms with Gasteiger partial charge >= 0.3 is 0 Å². The third kappa shape index (κ3) is 2.90. The highest BCUT2D eigenvalue weighted by Gasteiger charge is 2.16. The maximum absolute atomic E-state index is 12.2. The van der Waals surface area contributed by atoms with Gasteiger partial charge in [0.1, 0.15) is 0 Å². The van der Waals surface area contributed by atoms with E-state index in [-0.39, 0.29) is 15.6 Å². The first-order valence-corrected chi connectivity index (χ1v) is 7.43. The fourth-order valence-electron chi connectivity index (χ4n) is 1.59. The van der Waals surface area contributed by atoms with E-state index in [9.17, 15) is 8.42 Å². The van der Waals surface area contributed by atoms with Crippen molar-refractivity contribution in [1.82, 2.24) is 4.98 Å². The lowest BCUT2D eigenvalue weighted by Gasteiger charge is -2.09. The molecular formula is C13H10ClN3O2S. The Hall–Kier alpha value is -2.10. The minimum Gasteiger partial charge on any atom is -0.277 e. The molecule has 7 heteroatoms. The molecule has 1 aromatic carbocycles. The Labute approximate surface area is 121 Å². The molecule has 5 nitrogen and oxygen atoms in total. The minimum atomic E-state index is -3.77. The lowest BCUT2D eigenvalue weighted by molar-refractivity contribution is 0.601. The van der Waals surface area contributed by atoms with Gasteiger partial charge in [-0.05, 0) is 36.8 Å². The number of nitrogens with zero attached hydrogens (tertiary/aromatic N) is 2. The fraction of sp³-hybridized carbons (Fsp3) is 0.0769. The number of hydrogen-bond donors (Lipinski definition) is 1. The van der Waals surface area contributed by atoms with Gasteiger partial charge in [0, 0.05) is 6.20 Å². The van der Waals surface area contributed by atoms with E-state index < -0.39 is 10.0 Å². The van der Waals surface area contributed by atoms with E-state index in [0.29, 0.717) is 11.1 Å². The second kappa shape index (κ2) is 5.49. The predicted octanol–water partition coefficient (Wildman–Crippen LogP) is 2.72. The van der Waals surface area contributed by atoms with Crippen LogP contribution in [0.25, 0.3) is 0 Å². The van der Waals surface area contributed by atoms with E-state index in [1.54, 1.807) is 6.92 Å². The molecule has 1 N–H and O–H groups in total. The van der Waals surface area contributed by atoms with Crippen LogP contribution in [0.15, 0.2) is 41.6 Å². The van der Waals surface area contributed by atoms with Crippen LogP contribution in [0.3, 0.4) is 0 Å². The molecule has 0 unspecified atom stereocenters. The molecule has 20 heavy (non-hydrogen) atoms. The van der Waals surface area contributed by atoms with Crippen molar-refractivity contribution in [2.75, 3.05) is 4.72 Å². The highest BCUT2D eigenvalue weighted by Crippen LogP contribution is 2.23. The number of nitrogens with one attached hydrogen (secondary N) is 1. The summed E-state index contributed by atoms with van der Waals surface area (Å²) in [6.45, 7) is 1.68. The summed E-state index contributed by atoms with van der Waals surface area (Å²) < 4.78 is 26.8. The van der Waals surface area contributed by atoms with Gasteiger partial charge in [0.15, 0.2) is 0 Å². The molecular weight excluding hydrogens is 298 g/mol. The molecule has 0 spiro atoms. The molecule has 0 saturated heterocycles. The molecule has 0 aliphatic heterocycles. The van der Waals surface area contributed by atoms with E-state index in [2.05, 4.69) is 9.71 Å². The fourth-order valence-corrected chi connectivity index (χ4v) is 2.94. The van der Waals surface area contributed by atoms with Crippen molar-refractivity contribution in [1.29, 1.82) is 5.26 Å². The van der Waals surface area contributed by atoms with Gasteiger partial charge < -0.3 is 0 Å². The van der Waals surface area contributed by atoms with Crippen LogP contribution in [-0.4, -0.2) is 13.4 Å². The molecule has 2 rings (SSSR count). The number of sulfonamides is 1. The summed E-state index contributed by atoms with van der Waals surface area (Å²) in [5.41, 5.74) is 1.23. The number of benzene rings is 1. The summed E-state index contributed by atoms with van der Waals surface area (Å²) in [5, 5.41) is 9.10. The third-order valence-electron chi connectivity index (χ3n) is 2.64. The van der Waals surface area contributed by atoms with Gasteiger partial charge in [-0.2, -0.15) is 5.26 Å². The highest BCUT2D eigenvalue weighted by atomic mass is 35.5. The van der Waals surface area contributed by atoms with Crippen LogP contribution in [0.4, 0.5) is 5.69 Å². The molecule has 1 heterocycles. The number of aryl methyl sites for hydroxylation is 1. The minimum absolute atomic E-state index is 0.0638. The van der Waals surface area contributed by atoms with Crippen LogP contribution in [0.2, 0.25) is 5.02 Å². The van der Waals surface area contributed by atoms with Gasteiger partial charge in [0.05, 0.1) is 33.4 Å². The number of hydrogen-bond acceptors (Lipinski definition) is 4. The molecule has 0 saturated carbocycles. The summed E-state index contributed by atoms with van der Waals surface area (Å²) in [4.78, 5) is 3.88. The number of halogens is 1. The standard InChI is InChI=1S/C13H10ClN3O2S/c1-9-6-11(3-2-10(9)7-15)20(18,19)17-13-8-16-5-4-12(13)14/h2-6,8,17H,1H3. The van der Waals surface area contributed by atoms with E-state index in [4.69, 9.17) is 16.9 Å². The topological polar surface area (TPSA) is 82.8 Å². The lowest BCUT2D eigenvalue weighted by Crippen LogP contribution is -2.13. The Morgan fingerprint density at radius 3 is 2.70 bits per heavy atom. The first-order chi connectivity index (χ1) is 9.44. The van der Waals surface area contributed by atoms with Crippen molar-refractivity contribution >= 4 is 27.3 Å². The summed E-state index contributed by atoms with van der Waals surface area (Å²) in [6, 6.07) is 7.75. The molecule has 102 valence electrons. The molecule has 2 aromatic rings. The maximum Gasteiger partial charge on any atom is 0.262 e. The van der Waals surface area contributed by atoms with E-state index in [1.165, 1.54) is 36.7 Å². The van der Waals surface area contributed by atoms with Gasteiger partial charge in [-0.25, -0.2) is 8.42 Å². The second-order valence-corrected chi connectivity index (χ2v) is 6.14. The summed E-state index contributed by atoms with van der Waals surface area (Å²) in [5.74, 6) is 0. The van der Waals surface area contributed by atoms with Crippen LogP contribution in [0.5, 0.6) is 0 Å². The summed E-state index contributed by atoms with van der Waals surface area (Å²) in [7, 11) is -3.77. The van der Waals surface area contributed by atoms with Crippen LogP contribution in [0.1, 0.15) is 11.1 Å². The molecule has 0 amide bonds. The first-order valence-electron chi connectivity index (χ1n) is 5.57. The molecule has 0 bridgehead atoms. The van der Waals surface area contributed by atoms with Crippen molar-refractivity contribution in [3.8, 4) is 6.07 Å². The van der Waals surface area contributed by atoms with Crippen LogP contribution in [-0.2, 0) is 10.0 Å². The molecule has 0 fully saturated rings. The first kappa shape index (κ1) is 14.3. The van der Waals surface area contributed by atoms with E-state index >= 15 is 0 Å². The van der Waals surface area contributed by atoms with Gasteiger partial charge in [-0.1, -0.05) is 11.6 Å². The molecule has 0 radical (unpaired) electrons. The average molecular weight is 308 g/mol. The highest BCUT2D eigenvalue weighted by molar-refractivity contribution is 7.92. The largest absolute Gasteiger partial charge is 0.277 e. The van der Waals surface area contributed by atoms with Gasteiger partial charge in [0.2, 0.25) is 0 Å².